The second-order valence-electron chi connectivity index (χ2n) is 4.06. The molecular formula is C13H16ClNO2. The first-order valence-corrected chi connectivity index (χ1v) is 6.33. The summed E-state index contributed by atoms with van der Waals surface area (Å²) in [6.07, 6.45) is 2.16. The topological polar surface area (TPSA) is 29.5 Å². The zero-order valence-corrected chi connectivity index (χ0v) is 10.7. The van der Waals surface area contributed by atoms with Crippen molar-refractivity contribution in [2.75, 3.05) is 24.4 Å². The van der Waals surface area contributed by atoms with Gasteiger partial charge in [0.25, 0.3) is 0 Å². The molecule has 1 aliphatic heterocycles. The molecule has 1 aromatic carbocycles. The van der Waals surface area contributed by atoms with Crippen LogP contribution in [0.25, 0.3) is 0 Å². The molecule has 0 N–H and O–H groups in total. The van der Waals surface area contributed by atoms with Crippen molar-refractivity contribution in [3.05, 3.63) is 23.8 Å². The Hall–Kier alpha value is -1.22. The van der Waals surface area contributed by atoms with E-state index in [-0.39, 0.29) is 5.91 Å². The normalized spacial score (nSPS) is 14.7. The molecule has 1 aliphatic rings. The van der Waals surface area contributed by atoms with Crippen molar-refractivity contribution >= 4 is 23.2 Å². The molecule has 0 bridgehead atoms. The molecule has 0 aromatic heterocycles. The first kappa shape index (κ1) is 12.2. The van der Waals surface area contributed by atoms with Gasteiger partial charge in [0.1, 0.15) is 5.75 Å². The predicted molar refractivity (Wildman–Crippen MR) is 69.0 cm³/mol. The third-order valence-corrected chi connectivity index (χ3v) is 3.26. The van der Waals surface area contributed by atoms with E-state index in [2.05, 4.69) is 6.07 Å². The van der Waals surface area contributed by atoms with E-state index < -0.39 is 0 Å². The molecule has 0 atom stereocenters. The molecule has 4 heteroatoms. The second-order valence-corrected chi connectivity index (χ2v) is 4.43. The third-order valence-electron chi connectivity index (χ3n) is 3.00. The first-order valence-electron chi connectivity index (χ1n) is 5.80. The zero-order valence-electron chi connectivity index (χ0n) is 9.91. The number of carbonyl (C=O) groups is 1. The van der Waals surface area contributed by atoms with Gasteiger partial charge in [-0.3, -0.25) is 4.79 Å². The quantitative estimate of drug-likeness (QED) is 0.772. The molecule has 1 aromatic rings. The van der Waals surface area contributed by atoms with E-state index in [1.165, 1.54) is 5.56 Å². The number of benzene rings is 1. The van der Waals surface area contributed by atoms with Crippen LogP contribution >= 0.6 is 11.6 Å². The van der Waals surface area contributed by atoms with Crippen LogP contribution in [0.5, 0.6) is 5.75 Å². The number of halogens is 1. The number of hydrogen-bond acceptors (Lipinski definition) is 2. The average Bonchev–Trinajstić information content (AvgIpc) is 2.37. The number of nitrogens with zero attached hydrogens (tertiary/aromatic N) is 1. The van der Waals surface area contributed by atoms with Crippen molar-refractivity contribution in [1.82, 2.24) is 0 Å². The van der Waals surface area contributed by atoms with Gasteiger partial charge < -0.3 is 9.64 Å². The van der Waals surface area contributed by atoms with Crippen LogP contribution in [-0.4, -0.2) is 25.4 Å². The summed E-state index contributed by atoms with van der Waals surface area (Å²) < 4.78 is 5.34. The van der Waals surface area contributed by atoms with Crippen molar-refractivity contribution in [3.8, 4) is 5.75 Å². The van der Waals surface area contributed by atoms with Gasteiger partial charge in [-0.05, 0) is 24.5 Å². The maximum absolute atomic E-state index is 12.0. The van der Waals surface area contributed by atoms with E-state index >= 15 is 0 Å². The summed E-state index contributed by atoms with van der Waals surface area (Å²) in [6.45, 7) is 0.662. The number of anilines is 1. The van der Waals surface area contributed by atoms with Gasteiger partial charge in [-0.2, -0.15) is 0 Å². The fourth-order valence-electron chi connectivity index (χ4n) is 2.20. The smallest absolute Gasteiger partial charge is 0.227 e. The Kier molecular flexibility index (Phi) is 3.89. The molecule has 0 radical (unpaired) electrons. The Balaban J connectivity index is 2.38. The van der Waals surface area contributed by atoms with Gasteiger partial charge in [0.05, 0.1) is 12.8 Å². The van der Waals surface area contributed by atoms with E-state index in [0.29, 0.717) is 18.8 Å². The van der Waals surface area contributed by atoms with E-state index in [9.17, 15) is 4.79 Å². The Morgan fingerprint density at radius 2 is 2.24 bits per heavy atom. The Labute approximate surface area is 106 Å². The molecular weight excluding hydrogens is 238 g/mol. The minimum atomic E-state index is 0.159. The minimum Gasteiger partial charge on any atom is -0.495 e. The van der Waals surface area contributed by atoms with Crippen LogP contribution in [-0.2, 0) is 11.2 Å². The SMILES string of the molecule is COc1cccc2c1N(CCCCl)C(=O)CC2. The summed E-state index contributed by atoms with van der Waals surface area (Å²) in [6, 6.07) is 5.91. The van der Waals surface area contributed by atoms with E-state index in [1.54, 1.807) is 12.0 Å². The average molecular weight is 254 g/mol. The summed E-state index contributed by atoms with van der Waals surface area (Å²) in [5.41, 5.74) is 2.11. The van der Waals surface area contributed by atoms with Gasteiger partial charge in [-0.15, -0.1) is 11.6 Å². The highest BCUT2D eigenvalue weighted by Crippen LogP contribution is 2.36. The summed E-state index contributed by atoms with van der Waals surface area (Å²) in [4.78, 5) is 13.8. The van der Waals surface area contributed by atoms with Crippen LogP contribution in [0.3, 0.4) is 0 Å². The molecule has 0 aliphatic carbocycles. The van der Waals surface area contributed by atoms with Crippen molar-refractivity contribution in [1.29, 1.82) is 0 Å². The Bertz CT molecular complexity index is 406. The largest absolute Gasteiger partial charge is 0.495 e. The van der Waals surface area contributed by atoms with Gasteiger partial charge >= 0.3 is 0 Å². The summed E-state index contributed by atoms with van der Waals surface area (Å²) >= 11 is 5.70. The number of amides is 1. The number of aryl methyl sites for hydroxylation is 1. The van der Waals surface area contributed by atoms with Crippen LogP contribution in [0.2, 0.25) is 0 Å². The number of fused-ring (bicyclic) bond motifs is 1. The second kappa shape index (κ2) is 5.41. The van der Waals surface area contributed by atoms with Crippen LogP contribution in [0, 0.1) is 0 Å². The monoisotopic (exact) mass is 253 g/mol. The van der Waals surface area contributed by atoms with Crippen molar-refractivity contribution in [3.63, 3.8) is 0 Å². The molecule has 0 saturated carbocycles. The van der Waals surface area contributed by atoms with Gasteiger partial charge in [0.15, 0.2) is 0 Å². The summed E-state index contributed by atoms with van der Waals surface area (Å²) in [5.74, 6) is 1.49. The van der Waals surface area contributed by atoms with Crippen molar-refractivity contribution in [2.24, 2.45) is 0 Å². The maximum Gasteiger partial charge on any atom is 0.227 e. The third kappa shape index (κ3) is 2.39. The van der Waals surface area contributed by atoms with Gasteiger partial charge in [0.2, 0.25) is 5.91 Å². The highest BCUT2D eigenvalue weighted by Gasteiger charge is 2.26. The molecule has 0 unspecified atom stereocenters. The highest BCUT2D eigenvalue weighted by molar-refractivity contribution is 6.17. The lowest BCUT2D eigenvalue weighted by Gasteiger charge is -2.30. The van der Waals surface area contributed by atoms with Gasteiger partial charge in [-0.25, -0.2) is 0 Å². The number of rotatable bonds is 4. The molecule has 0 spiro atoms. The fraction of sp³-hybridized carbons (Fsp3) is 0.462. The molecule has 92 valence electrons. The lowest BCUT2D eigenvalue weighted by molar-refractivity contribution is -0.118. The number of methoxy groups -OCH3 is 1. The molecule has 0 fully saturated rings. The lowest BCUT2D eigenvalue weighted by atomic mass is 10.0. The highest BCUT2D eigenvalue weighted by atomic mass is 35.5. The minimum absolute atomic E-state index is 0.159. The fourth-order valence-corrected chi connectivity index (χ4v) is 2.32. The van der Waals surface area contributed by atoms with Crippen LogP contribution in [0.4, 0.5) is 5.69 Å². The van der Waals surface area contributed by atoms with E-state index in [0.717, 1.165) is 24.3 Å². The molecule has 2 rings (SSSR count). The lowest BCUT2D eigenvalue weighted by Crippen LogP contribution is -2.36. The standard InChI is InChI=1S/C13H16ClNO2/c1-17-11-5-2-4-10-6-7-12(16)15(13(10)11)9-3-8-14/h2,4-5H,3,6-9H2,1H3. The van der Waals surface area contributed by atoms with Crippen molar-refractivity contribution < 1.29 is 9.53 Å². The van der Waals surface area contributed by atoms with Gasteiger partial charge in [-0.1, -0.05) is 12.1 Å². The van der Waals surface area contributed by atoms with E-state index in [1.807, 2.05) is 12.1 Å². The molecule has 17 heavy (non-hydrogen) atoms. The summed E-state index contributed by atoms with van der Waals surface area (Å²) in [5, 5.41) is 0. The molecule has 0 saturated heterocycles. The Morgan fingerprint density at radius 3 is 2.94 bits per heavy atom. The molecule has 1 amide bonds. The maximum atomic E-state index is 12.0. The summed E-state index contributed by atoms with van der Waals surface area (Å²) in [7, 11) is 1.63. The van der Waals surface area contributed by atoms with Crippen molar-refractivity contribution in [2.45, 2.75) is 19.3 Å². The van der Waals surface area contributed by atoms with E-state index in [4.69, 9.17) is 16.3 Å². The molecule has 3 nitrogen and oxygen atoms in total. The number of para-hydroxylation sites is 1. The Morgan fingerprint density at radius 1 is 1.41 bits per heavy atom. The van der Waals surface area contributed by atoms with Gasteiger partial charge in [0, 0.05) is 18.8 Å². The number of ether oxygens (including phenoxy) is 1. The predicted octanol–water partition coefficient (Wildman–Crippen LogP) is 2.60. The number of alkyl halides is 1. The first-order chi connectivity index (χ1) is 8.27. The van der Waals surface area contributed by atoms with Crippen LogP contribution in [0.15, 0.2) is 18.2 Å². The van der Waals surface area contributed by atoms with Crippen LogP contribution in [0.1, 0.15) is 18.4 Å². The zero-order chi connectivity index (χ0) is 12.3. The number of carbonyl (C=O) groups excluding carboxylic acids is 1. The number of hydrogen-bond donors (Lipinski definition) is 0. The molecule has 1 heterocycles. The van der Waals surface area contributed by atoms with Crippen LogP contribution < -0.4 is 9.64 Å².